The molecule has 8 nitrogen and oxygen atoms in total. The summed E-state index contributed by atoms with van der Waals surface area (Å²) in [5, 5.41) is 40.2. The molecule has 0 amide bonds. The lowest BCUT2D eigenvalue weighted by molar-refractivity contribution is -0.198. The van der Waals surface area contributed by atoms with Crippen LogP contribution in [0.5, 0.6) is 0 Å². The molecule has 0 aromatic heterocycles. The molecule has 0 aliphatic carbocycles. The van der Waals surface area contributed by atoms with Crippen LogP contribution in [-0.2, 0) is 18.9 Å². The van der Waals surface area contributed by atoms with Crippen molar-refractivity contribution in [3.63, 3.8) is 0 Å². The van der Waals surface area contributed by atoms with Gasteiger partial charge in [0.2, 0.25) is 0 Å². The summed E-state index contributed by atoms with van der Waals surface area (Å²) >= 11 is 0. The first kappa shape index (κ1) is 54.7. The van der Waals surface area contributed by atoms with Gasteiger partial charge in [-0.15, -0.1) is 0 Å². The predicted molar refractivity (Wildman–Crippen MR) is 237 cm³/mol. The van der Waals surface area contributed by atoms with E-state index in [9.17, 15) is 20.4 Å². The molecule has 1 aliphatic heterocycles. The molecule has 1 fully saturated rings. The van der Waals surface area contributed by atoms with Gasteiger partial charge in [-0.2, -0.15) is 0 Å². The zero-order valence-corrected chi connectivity index (χ0v) is 39.2. The average molecular weight is 815 g/mol. The van der Waals surface area contributed by atoms with Crippen LogP contribution in [0.4, 0.5) is 0 Å². The molecule has 4 N–H and O–H groups in total. The molecular formula is C49H98O8. The van der Waals surface area contributed by atoms with Gasteiger partial charge in [-0.3, -0.25) is 0 Å². The summed E-state index contributed by atoms with van der Waals surface area (Å²) in [5.41, 5.74) is 0. The molecule has 0 radical (unpaired) electrons. The number of aliphatic hydroxyl groups is 4. The van der Waals surface area contributed by atoms with Crippen molar-refractivity contribution in [1.29, 1.82) is 0 Å². The van der Waals surface area contributed by atoms with Crippen molar-refractivity contribution in [2.45, 2.75) is 234 Å². The van der Waals surface area contributed by atoms with Crippen molar-refractivity contribution in [3.05, 3.63) is 0 Å². The Morgan fingerprint density at radius 2 is 0.842 bits per heavy atom. The van der Waals surface area contributed by atoms with Crippen LogP contribution in [0.1, 0.15) is 198 Å². The Morgan fingerprint density at radius 3 is 1.23 bits per heavy atom. The van der Waals surface area contributed by atoms with Crippen molar-refractivity contribution in [2.75, 3.05) is 33.0 Å². The first-order chi connectivity index (χ1) is 27.1. The van der Waals surface area contributed by atoms with E-state index in [1.165, 1.54) is 116 Å². The van der Waals surface area contributed by atoms with Crippen molar-refractivity contribution in [2.24, 2.45) is 47.3 Å². The van der Waals surface area contributed by atoms with Crippen LogP contribution in [0.25, 0.3) is 0 Å². The van der Waals surface area contributed by atoms with E-state index < -0.39 is 37.3 Å². The smallest absolute Gasteiger partial charge is 0.186 e. The summed E-state index contributed by atoms with van der Waals surface area (Å²) in [6.07, 6.45) is 19.2. The average Bonchev–Trinajstić information content (AvgIpc) is 3.43. The van der Waals surface area contributed by atoms with E-state index in [0.717, 1.165) is 48.3 Å². The molecular weight excluding hydrogens is 717 g/mol. The normalized spacial score (nSPS) is 23.2. The highest BCUT2D eigenvalue weighted by molar-refractivity contribution is 4.90. The lowest BCUT2D eigenvalue weighted by Gasteiger charge is -2.23. The van der Waals surface area contributed by atoms with E-state index >= 15 is 0 Å². The fraction of sp³-hybridized carbons (Fsp3) is 1.00. The van der Waals surface area contributed by atoms with Gasteiger partial charge in [0.15, 0.2) is 6.29 Å². The minimum atomic E-state index is -1.35. The minimum Gasteiger partial charge on any atom is -0.394 e. The van der Waals surface area contributed by atoms with Gasteiger partial charge in [0.1, 0.15) is 30.5 Å². The quantitative estimate of drug-likeness (QED) is 0.0455. The second-order valence-corrected chi connectivity index (χ2v) is 20.2. The molecule has 8 heteroatoms. The zero-order valence-electron chi connectivity index (χ0n) is 39.2. The summed E-state index contributed by atoms with van der Waals surface area (Å²) in [5.74, 6) is 6.06. The standard InChI is InChI=1S/C49H98O8/c1-36(2)17-11-19-38(5)21-13-23-40(7)25-15-27-42(9)29-31-54-34-44(35-56-49-47(53)46(52)48(57-49)45(51)33-50)55-32-30-43(10)28-16-26-41(8)24-14-22-39(6)20-12-18-37(3)4/h36-53H,11-35H2,1-10H3/t38-,39-,40-,41-,42?,43?,44-,45-,46-,47-,48+,49-/m1/s1. The molecule has 0 aromatic rings. The maximum absolute atomic E-state index is 10.5. The van der Waals surface area contributed by atoms with Crippen LogP contribution >= 0.6 is 0 Å². The van der Waals surface area contributed by atoms with Gasteiger partial charge in [-0.25, -0.2) is 0 Å². The molecule has 2 unspecified atom stereocenters. The van der Waals surface area contributed by atoms with Crippen molar-refractivity contribution in [3.8, 4) is 0 Å². The second kappa shape index (κ2) is 33.3. The fourth-order valence-corrected chi connectivity index (χ4v) is 8.39. The van der Waals surface area contributed by atoms with Crippen LogP contribution in [-0.4, -0.2) is 90.3 Å². The minimum absolute atomic E-state index is 0.128. The monoisotopic (exact) mass is 815 g/mol. The number of ether oxygens (including phenoxy) is 4. The van der Waals surface area contributed by atoms with Gasteiger partial charge in [0, 0.05) is 13.2 Å². The van der Waals surface area contributed by atoms with E-state index in [4.69, 9.17) is 18.9 Å². The third kappa shape index (κ3) is 28.0. The maximum atomic E-state index is 10.5. The van der Waals surface area contributed by atoms with Gasteiger partial charge < -0.3 is 39.4 Å². The number of aliphatic hydroxyl groups excluding tert-OH is 4. The van der Waals surface area contributed by atoms with Gasteiger partial charge in [-0.1, -0.05) is 185 Å². The topological polar surface area (TPSA) is 118 Å². The Balaban J connectivity index is 2.42. The largest absolute Gasteiger partial charge is 0.394 e. The Labute approximate surface area is 353 Å². The van der Waals surface area contributed by atoms with Crippen LogP contribution in [0.3, 0.4) is 0 Å². The van der Waals surface area contributed by atoms with Crippen LogP contribution in [0.2, 0.25) is 0 Å². The highest BCUT2D eigenvalue weighted by Gasteiger charge is 2.46. The first-order valence-corrected chi connectivity index (χ1v) is 24.2. The van der Waals surface area contributed by atoms with E-state index in [2.05, 4.69) is 69.2 Å². The highest BCUT2D eigenvalue weighted by atomic mass is 16.7. The van der Waals surface area contributed by atoms with Gasteiger partial charge in [0.05, 0.1) is 19.8 Å². The molecule has 0 spiro atoms. The molecule has 12 atom stereocenters. The van der Waals surface area contributed by atoms with E-state index in [1.807, 2.05) is 0 Å². The summed E-state index contributed by atoms with van der Waals surface area (Å²) < 4.78 is 23.9. The Kier molecular flexibility index (Phi) is 32.0. The molecule has 57 heavy (non-hydrogen) atoms. The molecule has 0 bridgehead atoms. The third-order valence-corrected chi connectivity index (χ3v) is 12.8. The summed E-state index contributed by atoms with van der Waals surface area (Å²) in [4.78, 5) is 0. The van der Waals surface area contributed by atoms with Crippen molar-refractivity contribution >= 4 is 0 Å². The van der Waals surface area contributed by atoms with Crippen molar-refractivity contribution in [1.82, 2.24) is 0 Å². The molecule has 1 saturated heterocycles. The SMILES string of the molecule is CC(C)CCC[C@@H](C)CCC[C@@H](C)CCCC(C)CCOC[C@H](CO[C@@H]1O[C@@H]([C@H](O)CO)[C@H](O)[C@H]1O)OCCC(C)CCC[C@H](C)CCC[C@H](C)CCCC(C)C. The molecule has 1 heterocycles. The van der Waals surface area contributed by atoms with Crippen LogP contribution in [0, 0.1) is 47.3 Å². The summed E-state index contributed by atoms with van der Waals surface area (Å²) in [6, 6.07) is 0. The summed E-state index contributed by atoms with van der Waals surface area (Å²) in [6.45, 7) is 24.8. The van der Waals surface area contributed by atoms with Crippen LogP contribution < -0.4 is 0 Å². The van der Waals surface area contributed by atoms with Gasteiger partial charge in [-0.05, 0) is 60.2 Å². The molecule has 0 saturated carbocycles. The molecule has 1 aliphatic rings. The maximum Gasteiger partial charge on any atom is 0.186 e. The van der Waals surface area contributed by atoms with Gasteiger partial charge in [0.25, 0.3) is 0 Å². The van der Waals surface area contributed by atoms with E-state index in [1.54, 1.807) is 0 Å². The van der Waals surface area contributed by atoms with Gasteiger partial charge >= 0.3 is 0 Å². The summed E-state index contributed by atoms with van der Waals surface area (Å²) in [7, 11) is 0. The fourth-order valence-electron chi connectivity index (χ4n) is 8.39. The predicted octanol–water partition coefficient (Wildman–Crippen LogP) is 11.1. The highest BCUT2D eigenvalue weighted by Crippen LogP contribution is 2.27. The van der Waals surface area contributed by atoms with E-state index in [-0.39, 0.29) is 12.7 Å². The lowest BCUT2D eigenvalue weighted by atomic mass is 9.91. The molecule has 1 rings (SSSR count). The van der Waals surface area contributed by atoms with Crippen molar-refractivity contribution < 1.29 is 39.4 Å². The number of hydrogen-bond acceptors (Lipinski definition) is 8. The molecule has 342 valence electrons. The Morgan fingerprint density at radius 1 is 0.474 bits per heavy atom. The Hall–Kier alpha value is -0.320. The third-order valence-electron chi connectivity index (χ3n) is 12.8. The zero-order chi connectivity index (χ0) is 42.6. The first-order valence-electron chi connectivity index (χ1n) is 24.2. The molecule has 0 aromatic carbocycles. The van der Waals surface area contributed by atoms with E-state index in [0.29, 0.717) is 31.7 Å². The lowest BCUT2D eigenvalue weighted by Crippen LogP contribution is -2.40. The Bertz CT molecular complexity index is 903. The number of rotatable bonds is 38. The number of hydrogen-bond donors (Lipinski definition) is 4. The second-order valence-electron chi connectivity index (χ2n) is 20.2. The van der Waals surface area contributed by atoms with Crippen LogP contribution in [0.15, 0.2) is 0 Å².